The number of ether oxygens (including phenoxy) is 1. The number of carbonyl (C=O) groups excluding carboxylic acids is 1. The number of nitrogens with zero attached hydrogens (tertiary/aromatic N) is 1. The molecule has 0 saturated heterocycles. The van der Waals surface area contributed by atoms with Crippen LogP contribution in [0.4, 0.5) is 4.39 Å². The smallest absolute Gasteiger partial charge is 0.277 e. The zero-order chi connectivity index (χ0) is 15.2. The largest absolute Gasteiger partial charge is 0.484 e. The zero-order valence-electron chi connectivity index (χ0n) is 11.8. The lowest BCUT2D eigenvalue weighted by Crippen LogP contribution is -2.24. The van der Waals surface area contributed by atoms with E-state index < -0.39 is 0 Å². The van der Waals surface area contributed by atoms with Crippen LogP contribution in [0.15, 0.2) is 35.4 Å². The number of aromatic nitrogens is 1. The van der Waals surface area contributed by atoms with Gasteiger partial charge in [0, 0.05) is 17.0 Å². The van der Waals surface area contributed by atoms with Crippen LogP contribution in [0.5, 0.6) is 5.75 Å². The molecular weight excluding hydrogens is 273 g/mol. The number of benzene rings is 1. The molecule has 1 amide bonds. The predicted octanol–water partition coefficient (Wildman–Crippen LogP) is 2.30. The molecule has 0 aliphatic carbocycles. The summed E-state index contributed by atoms with van der Waals surface area (Å²) in [5.74, 6) is -0.318. The van der Waals surface area contributed by atoms with Crippen LogP contribution in [0.1, 0.15) is 17.0 Å². The van der Waals surface area contributed by atoms with Crippen LogP contribution >= 0.6 is 0 Å². The van der Waals surface area contributed by atoms with Crippen molar-refractivity contribution in [2.24, 2.45) is 5.10 Å². The van der Waals surface area contributed by atoms with E-state index in [1.165, 1.54) is 24.3 Å². The molecule has 0 radical (unpaired) electrons. The molecule has 1 heterocycles. The van der Waals surface area contributed by atoms with Gasteiger partial charge in [0.1, 0.15) is 11.6 Å². The van der Waals surface area contributed by atoms with Gasteiger partial charge >= 0.3 is 0 Å². The number of aryl methyl sites for hydroxylation is 2. The van der Waals surface area contributed by atoms with Crippen molar-refractivity contribution in [3.8, 4) is 5.75 Å². The SMILES string of the molecule is Cc1cc(/C=N/NC(=O)COc2ccc(F)cc2)c(C)[nH]1. The second kappa shape index (κ2) is 6.69. The Balaban J connectivity index is 1.79. The monoisotopic (exact) mass is 289 g/mol. The fraction of sp³-hybridized carbons (Fsp3) is 0.200. The minimum atomic E-state index is -0.388. The minimum absolute atomic E-state index is 0.186. The number of amides is 1. The van der Waals surface area contributed by atoms with Gasteiger partial charge in [0.25, 0.3) is 5.91 Å². The Bertz CT molecular complexity index is 647. The lowest BCUT2D eigenvalue weighted by Gasteiger charge is -2.04. The van der Waals surface area contributed by atoms with Gasteiger partial charge in [-0.15, -0.1) is 0 Å². The van der Waals surface area contributed by atoms with Crippen molar-refractivity contribution in [2.75, 3.05) is 6.61 Å². The van der Waals surface area contributed by atoms with Crippen molar-refractivity contribution in [2.45, 2.75) is 13.8 Å². The lowest BCUT2D eigenvalue weighted by atomic mass is 10.3. The molecule has 2 N–H and O–H groups in total. The van der Waals surface area contributed by atoms with Gasteiger partial charge in [-0.2, -0.15) is 5.10 Å². The van der Waals surface area contributed by atoms with Gasteiger partial charge < -0.3 is 9.72 Å². The van der Waals surface area contributed by atoms with E-state index in [1.54, 1.807) is 6.21 Å². The summed E-state index contributed by atoms with van der Waals surface area (Å²) >= 11 is 0. The predicted molar refractivity (Wildman–Crippen MR) is 77.9 cm³/mol. The van der Waals surface area contributed by atoms with Gasteiger partial charge in [-0.1, -0.05) is 0 Å². The van der Waals surface area contributed by atoms with Gasteiger partial charge in [0.15, 0.2) is 6.61 Å². The van der Waals surface area contributed by atoms with E-state index >= 15 is 0 Å². The maximum atomic E-state index is 12.7. The molecule has 5 nitrogen and oxygen atoms in total. The molecule has 0 atom stereocenters. The van der Waals surface area contributed by atoms with Crippen LogP contribution in [0.3, 0.4) is 0 Å². The molecule has 110 valence electrons. The van der Waals surface area contributed by atoms with Crippen LogP contribution < -0.4 is 10.2 Å². The topological polar surface area (TPSA) is 66.5 Å². The Morgan fingerprint density at radius 3 is 2.71 bits per heavy atom. The zero-order valence-corrected chi connectivity index (χ0v) is 11.8. The molecule has 0 bridgehead atoms. The summed E-state index contributed by atoms with van der Waals surface area (Å²) in [5, 5.41) is 3.86. The molecule has 1 aromatic heterocycles. The van der Waals surface area contributed by atoms with Crippen molar-refractivity contribution in [3.63, 3.8) is 0 Å². The number of hydrogen-bond acceptors (Lipinski definition) is 3. The third-order valence-corrected chi connectivity index (χ3v) is 2.77. The second-order valence-electron chi connectivity index (χ2n) is 4.57. The molecule has 0 unspecified atom stereocenters. The first-order valence-corrected chi connectivity index (χ1v) is 6.41. The molecule has 6 heteroatoms. The van der Waals surface area contributed by atoms with E-state index in [-0.39, 0.29) is 18.3 Å². The number of halogens is 1. The summed E-state index contributed by atoms with van der Waals surface area (Å²) in [4.78, 5) is 14.7. The summed E-state index contributed by atoms with van der Waals surface area (Å²) in [6.45, 7) is 3.68. The third kappa shape index (κ3) is 4.45. The summed E-state index contributed by atoms with van der Waals surface area (Å²) in [6, 6.07) is 7.38. The Morgan fingerprint density at radius 1 is 1.38 bits per heavy atom. The average Bonchev–Trinajstić information content (AvgIpc) is 2.76. The molecule has 2 rings (SSSR count). The van der Waals surface area contributed by atoms with Gasteiger partial charge in [0.05, 0.1) is 6.21 Å². The van der Waals surface area contributed by atoms with E-state index in [1.807, 2.05) is 19.9 Å². The number of carbonyl (C=O) groups is 1. The van der Waals surface area contributed by atoms with Crippen LogP contribution in [0.25, 0.3) is 0 Å². The van der Waals surface area contributed by atoms with E-state index in [2.05, 4.69) is 15.5 Å². The number of H-pyrrole nitrogens is 1. The summed E-state index contributed by atoms with van der Waals surface area (Å²) < 4.78 is 17.9. The highest BCUT2D eigenvalue weighted by atomic mass is 19.1. The van der Waals surface area contributed by atoms with Crippen LogP contribution in [0.2, 0.25) is 0 Å². The standard InChI is InChI=1S/C15H16FN3O2/c1-10-7-12(11(2)18-10)8-17-19-15(20)9-21-14-5-3-13(16)4-6-14/h3-8,18H,9H2,1-2H3,(H,19,20)/b17-8+. The summed E-state index contributed by atoms with van der Waals surface area (Å²) in [5.41, 5.74) is 5.28. The Kier molecular flexibility index (Phi) is 4.71. The maximum absolute atomic E-state index is 12.7. The van der Waals surface area contributed by atoms with Crippen molar-refractivity contribution >= 4 is 12.1 Å². The van der Waals surface area contributed by atoms with Crippen molar-refractivity contribution in [1.29, 1.82) is 0 Å². The molecular formula is C15H16FN3O2. The van der Waals surface area contributed by atoms with Crippen molar-refractivity contribution < 1.29 is 13.9 Å². The van der Waals surface area contributed by atoms with Gasteiger partial charge in [-0.3, -0.25) is 4.79 Å². The van der Waals surface area contributed by atoms with Crippen LogP contribution in [-0.4, -0.2) is 23.7 Å². The average molecular weight is 289 g/mol. The number of hydrogen-bond donors (Lipinski definition) is 2. The van der Waals surface area contributed by atoms with Crippen LogP contribution in [-0.2, 0) is 4.79 Å². The van der Waals surface area contributed by atoms with Crippen LogP contribution in [0, 0.1) is 19.7 Å². The molecule has 0 fully saturated rings. The fourth-order valence-electron chi connectivity index (χ4n) is 1.77. The summed E-state index contributed by atoms with van der Waals surface area (Å²) in [6.07, 6.45) is 1.56. The Hall–Kier alpha value is -2.63. The van der Waals surface area contributed by atoms with Crippen molar-refractivity contribution in [1.82, 2.24) is 10.4 Å². The van der Waals surface area contributed by atoms with E-state index in [0.717, 1.165) is 17.0 Å². The minimum Gasteiger partial charge on any atom is -0.484 e. The number of hydrazone groups is 1. The Labute approximate surface area is 121 Å². The molecule has 2 aromatic rings. The quantitative estimate of drug-likeness (QED) is 0.655. The number of nitrogens with one attached hydrogen (secondary N) is 2. The molecule has 21 heavy (non-hydrogen) atoms. The highest BCUT2D eigenvalue weighted by molar-refractivity contribution is 5.84. The molecule has 0 saturated carbocycles. The molecule has 0 aliphatic rings. The van der Waals surface area contributed by atoms with E-state index in [9.17, 15) is 9.18 Å². The molecule has 1 aromatic carbocycles. The van der Waals surface area contributed by atoms with Gasteiger partial charge in [-0.05, 0) is 44.2 Å². The normalized spacial score (nSPS) is 10.8. The van der Waals surface area contributed by atoms with Gasteiger partial charge in [0.2, 0.25) is 0 Å². The van der Waals surface area contributed by atoms with Gasteiger partial charge in [-0.25, -0.2) is 9.82 Å². The highest BCUT2D eigenvalue weighted by Gasteiger charge is 2.02. The maximum Gasteiger partial charge on any atom is 0.277 e. The molecule has 0 aliphatic heterocycles. The second-order valence-corrected chi connectivity index (χ2v) is 4.57. The Morgan fingerprint density at radius 2 is 2.10 bits per heavy atom. The number of aromatic amines is 1. The van der Waals surface area contributed by atoms with E-state index in [4.69, 9.17) is 4.74 Å². The highest BCUT2D eigenvalue weighted by Crippen LogP contribution is 2.10. The third-order valence-electron chi connectivity index (χ3n) is 2.77. The molecule has 0 spiro atoms. The first-order chi connectivity index (χ1) is 10.0. The fourth-order valence-corrected chi connectivity index (χ4v) is 1.77. The number of rotatable bonds is 5. The first kappa shape index (κ1) is 14.8. The lowest BCUT2D eigenvalue weighted by molar-refractivity contribution is -0.123. The van der Waals surface area contributed by atoms with E-state index in [0.29, 0.717) is 5.75 Å². The van der Waals surface area contributed by atoms with Crippen molar-refractivity contribution in [3.05, 3.63) is 53.1 Å². The summed E-state index contributed by atoms with van der Waals surface area (Å²) in [7, 11) is 0. The first-order valence-electron chi connectivity index (χ1n) is 6.41.